The Kier molecular flexibility index (Phi) is 7.40. The van der Waals surface area contributed by atoms with Crippen LogP contribution in [-0.2, 0) is 21.1 Å². The lowest BCUT2D eigenvalue weighted by atomic mass is 10.1. The summed E-state index contributed by atoms with van der Waals surface area (Å²) >= 11 is 0. The molecule has 2 amide bonds. The molecule has 1 aliphatic heterocycles. The van der Waals surface area contributed by atoms with Gasteiger partial charge in [-0.3, -0.25) is 14.5 Å². The number of nitrogens with zero attached hydrogens (tertiary/aromatic N) is 3. The molecule has 10 heteroatoms. The average molecular weight is 495 g/mol. The van der Waals surface area contributed by atoms with E-state index in [9.17, 15) is 18.0 Å². The number of unbranched alkanes of at least 4 members (excludes halogenated alkanes) is 1. The molecule has 182 valence electrons. The van der Waals surface area contributed by atoms with Crippen molar-refractivity contribution in [2.45, 2.75) is 24.6 Å². The van der Waals surface area contributed by atoms with Gasteiger partial charge in [0.2, 0.25) is 5.91 Å². The lowest BCUT2D eigenvalue weighted by Crippen LogP contribution is -2.31. The van der Waals surface area contributed by atoms with E-state index in [0.717, 1.165) is 24.2 Å². The van der Waals surface area contributed by atoms with Crippen LogP contribution in [0.5, 0.6) is 5.75 Å². The van der Waals surface area contributed by atoms with Crippen molar-refractivity contribution in [3.63, 3.8) is 0 Å². The predicted octanol–water partition coefficient (Wildman–Crippen LogP) is 2.70. The second-order valence-corrected chi connectivity index (χ2v) is 10.2. The Bertz CT molecular complexity index is 1310. The zero-order valence-electron chi connectivity index (χ0n) is 19.3. The third-order valence-corrected chi connectivity index (χ3v) is 7.43. The monoisotopic (exact) mass is 494 g/mol. The number of rotatable bonds is 9. The maximum atomic E-state index is 12.9. The summed E-state index contributed by atoms with van der Waals surface area (Å²) in [6, 6.07) is 17.9. The Morgan fingerprint density at radius 1 is 1.09 bits per heavy atom. The van der Waals surface area contributed by atoms with Gasteiger partial charge in [0, 0.05) is 12.7 Å². The highest BCUT2D eigenvalue weighted by atomic mass is 32.2. The highest BCUT2D eigenvalue weighted by Gasteiger charge is 2.48. The number of aryl methyl sites for hydroxylation is 1. The molecule has 3 aromatic rings. The lowest BCUT2D eigenvalue weighted by molar-refractivity contribution is -0.115. The van der Waals surface area contributed by atoms with Gasteiger partial charge in [-0.15, -0.1) is 0 Å². The molecule has 0 radical (unpaired) electrons. The van der Waals surface area contributed by atoms with Crippen molar-refractivity contribution >= 4 is 27.5 Å². The lowest BCUT2D eigenvalue weighted by Gasteiger charge is -2.23. The summed E-state index contributed by atoms with van der Waals surface area (Å²) in [5.74, 6) is -1.39. The van der Waals surface area contributed by atoms with Crippen molar-refractivity contribution in [2.75, 3.05) is 24.3 Å². The number of aromatic nitrogens is 2. The summed E-state index contributed by atoms with van der Waals surface area (Å²) < 4.78 is 31.1. The van der Waals surface area contributed by atoms with Gasteiger partial charge in [0.05, 0.1) is 12.8 Å². The van der Waals surface area contributed by atoms with E-state index in [2.05, 4.69) is 27.4 Å². The second-order valence-electron chi connectivity index (χ2n) is 8.10. The van der Waals surface area contributed by atoms with E-state index < -0.39 is 32.8 Å². The molecule has 0 spiro atoms. The van der Waals surface area contributed by atoms with Gasteiger partial charge in [-0.05, 0) is 49.1 Å². The van der Waals surface area contributed by atoms with Crippen LogP contribution in [0.4, 0.5) is 5.82 Å². The molecule has 0 bridgehead atoms. The van der Waals surface area contributed by atoms with Gasteiger partial charge in [0.15, 0.2) is 26.8 Å². The van der Waals surface area contributed by atoms with Crippen LogP contribution >= 0.6 is 0 Å². The van der Waals surface area contributed by atoms with Crippen LogP contribution < -0.4 is 15.0 Å². The number of benzene rings is 1. The van der Waals surface area contributed by atoms with Gasteiger partial charge in [-0.1, -0.05) is 36.4 Å². The van der Waals surface area contributed by atoms with Crippen molar-refractivity contribution < 1.29 is 22.7 Å². The number of pyridine rings is 2. The SMILES string of the molecule is COc1cccnc1N1C(=O)CS(=O)(=O)C1c1cccc(C(=O)NCCCCc2ccccc2)n1. The van der Waals surface area contributed by atoms with Gasteiger partial charge in [0.25, 0.3) is 5.91 Å². The standard InChI is InChI=1S/C25H26N4O5S/c1-34-21-14-8-16-26-23(21)29-22(30)17-35(32,33)25(29)20-13-7-12-19(28-20)24(31)27-15-6-5-11-18-9-3-2-4-10-18/h2-4,7-10,12-14,16,25H,5-6,11,15,17H2,1H3,(H,27,31). The number of hydrogen-bond acceptors (Lipinski definition) is 7. The van der Waals surface area contributed by atoms with Crippen molar-refractivity contribution in [3.8, 4) is 5.75 Å². The number of sulfone groups is 1. The molecule has 1 aromatic carbocycles. The molecular weight excluding hydrogens is 468 g/mol. The normalized spacial score (nSPS) is 16.8. The van der Waals surface area contributed by atoms with Crippen LogP contribution in [-0.4, -0.2) is 49.6 Å². The molecule has 0 saturated carbocycles. The largest absolute Gasteiger partial charge is 0.493 e. The van der Waals surface area contributed by atoms with Crippen LogP contribution in [0.15, 0.2) is 66.9 Å². The highest BCUT2D eigenvalue weighted by molar-refractivity contribution is 7.93. The number of hydrogen-bond donors (Lipinski definition) is 1. The molecule has 1 N–H and O–H groups in total. The summed E-state index contributed by atoms with van der Waals surface area (Å²) in [4.78, 5) is 34.9. The molecule has 9 nitrogen and oxygen atoms in total. The van der Waals surface area contributed by atoms with Crippen LogP contribution in [0.1, 0.15) is 40.0 Å². The summed E-state index contributed by atoms with van der Waals surface area (Å²) in [6.45, 7) is 0.467. The number of nitrogens with one attached hydrogen (secondary N) is 1. The second kappa shape index (κ2) is 10.6. The fourth-order valence-corrected chi connectivity index (χ4v) is 5.67. The number of anilines is 1. The fourth-order valence-electron chi connectivity index (χ4n) is 3.99. The Morgan fingerprint density at radius 3 is 2.66 bits per heavy atom. The average Bonchev–Trinajstić information content (AvgIpc) is 3.12. The zero-order valence-corrected chi connectivity index (χ0v) is 20.1. The first kappa shape index (κ1) is 24.3. The van der Waals surface area contributed by atoms with Crippen molar-refractivity contribution in [1.82, 2.24) is 15.3 Å². The van der Waals surface area contributed by atoms with E-state index in [1.165, 1.54) is 31.0 Å². The van der Waals surface area contributed by atoms with Crippen molar-refractivity contribution in [3.05, 3.63) is 83.8 Å². The van der Waals surface area contributed by atoms with Crippen LogP contribution in [0, 0.1) is 0 Å². The van der Waals surface area contributed by atoms with Crippen molar-refractivity contribution in [2.24, 2.45) is 0 Å². The zero-order chi connectivity index (χ0) is 24.8. The molecule has 4 rings (SSSR count). The minimum Gasteiger partial charge on any atom is -0.493 e. The Balaban J connectivity index is 1.48. The number of ether oxygens (including phenoxy) is 1. The molecule has 1 fully saturated rings. The van der Waals surface area contributed by atoms with Gasteiger partial charge in [0.1, 0.15) is 11.4 Å². The fraction of sp³-hybridized carbons (Fsp3) is 0.280. The topological polar surface area (TPSA) is 119 Å². The molecule has 2 aromatic heterocycles. The summed E-state index contributed by atoms with van der Waals surface area (Å²) in [5.41, 5.74) is 1.39. The third kappa shape index (κ3) is 5.48. The van der Waals surface area contributed by atoms with E-state index in [1.54, 1.807) is 18.2 Å². The first-order valence-corrected chi connectivity index (χ1v) is 12.9. The Labute approximate surface area is 204 Å². The number of carbonyl (C=O) groups excluding carboxylic acids is 2. The van der Waals surface area contributed by atoms with Crippen LogP contribution in [0.3, 0.4) is 0 Å². The van der Waals surface area contributed by atoms with E-state index in [0.29, 0.717) is 6.54 Å². The van der Waals surface area contributed by atoms with E-state index in [4.69, 9.17) is 4.74 Å². The molecule has 1 atom stereocenters. The Hall–Kier alpha value is -3.79. The number of methoxy groups -OCH3 is 1. The summed E-state index contributed by atoms with van der Waals surface area (Å²) in [5, 5.41) is 1.42. The molecule has 3 heterocycles. The van der Waals surface area contributed by atoms with E-state index in [-0.39, 0.29) is 23.0 Å². The maximum absolute atomic E-state index is 12.9. The van der Waals surface area contributed by atoms with Crippen LogP contribution in [0.2, 0.25) is 0 Å². The summed E-state index contributed by atoms with van der Waals surface area (Å²) in [6.07, 6.45) is 4.08. The van der Waals surface area contributed by atoms with E-state index >= 15 is 0 Å². The van der Waals surface area contributed by atoms with Gasteiger partial charge >= 0.3 is 0 Å². The van der Waals surface area contributed by atoms with Crippen LogP contribution in [0.25, 0.3) is 0 Å². The molecule has 1 unspecified atom stereocenters. The molecular formula is C25H26N4O5S. The minimum absolute atomic E-state index is 0.0697. The molecule has 0 aliphatic carbocycles. The summed E-state index contributed by atoms with van der Waals surface area (Å²) in [7, 11) is -2.51. The van der Waals surface area contributed by atoms with Gasteiger partial charge in [-0.25, -0.2) is 18.4 Å². The molecule has 35 heavy (non-hydrogen) atoms. The maximum Gasteiger partial charge on any atom is 0.269 e. The van der Waals surface area contributed by atoms with Gasteiger partial charge in [-0.2, -0.15) is 0 Å². The first-order valence-electron chi connectivity index (χ1n) is 11.2. The first-order chi connectivity index (χ1) is 16.9. The predicted molar refractivity (Wildman–Crippen MR) is 131 cm³/mol. The Morgan fingerprint density at radius 2 is 1.89 bits per heavy atom. The van der Waals surface area contributed by atoms with E-state index in [1.807, 2.05) is 18.2 Å². The highest BCUT2D eigenvalue weighted by Crippen LogP contribution is 2.39. The number of amides is 2. The van der Waals surface area contributed by atoms with Crippen molar-refractivity contribution in [1.29, 1.82) is 0 Å². The van der Waals surface area contributed by atoms with Gasteiger partial charge < -0.3 is 10.1 Å². The third-order valence-electron chi connectivity index (χ3n) is 5.64. The minimum atomic E-state index is -3.92. The quantitative estimate of drug-likeness (QED) is 0.454. The smallest absolute Gasteiger partial charge is 0.269 e. The number of carbonyl (C=O) groups is 2. The molecule has 1 aliphatic rings. The molecule has 1 saturated heterocycles.